The van der Waals surface area contributed by atoms with Gasteiger partial charge in [0.15, 0.2) is 0 Å². The molecule has 0 spiro atoms. The van der Waals surface area contributed by atoms with Crippen LogP contribution in [0.3, 0.4) is 0 Å². The van der Waals surface area contributed by atoms with E-state index in [9.17, 15) is 23.3 Å². The maximum Gasteiger partial charge on any atom is 0.396 e. The fourth-order valence-electron chi connectivity index (χ4n) is 2.14. The van der Waals surface area contributed by atoms with Gasteiger partial charge in [-0.25, -0.2) is 13.2 Å². The Balaban J connectivity index is 2.02. The SMILES string of the molecule is Cc1ccc([N+](=O)[O-])cc1S(=O)(=O)Nc1ccc2oc(=O)sc2c1. The number of anilines is 1. The fourth-order valence-corrected chi connectivity index (χ4v) is 4.16. The van der Waals surface area contributed by atoms with Crippen molar-refractivity contribution in [3.8, 4) is 0 Å². The Hall–Kier alpha value is -2.72. The third-order valence-electron chi connectivity index (χ3n) is 3.25. The van der Waals surface area contributed by atoms with Crippen molar-refractivity contribution < 1.29 is 17.8 Å². The summed E-state index contributed by atoms with van der Waals surface area (Å²) in [6, 6.07) is 8.01. The molecule has 0 fully saturated rings. The van der Waals surface area contributed by atoms with Gasteiger partial charge in [0, 0.05) is 12.1 Å². The summed E-state index contributed by atoms with van der Waals surface area (Å²) in [6.45, 7) is 1.54. The fraction of sp³-hybridized carbons (Fsp3) is 0.0714. The topological polar surface area (TPSA) is 120 Å². The summed E-state index contributed by atoms with van der Waals surface area (Å²) in [5.41, 5.74) is 0.650. The van der Waals surface area contributed by atoms with Crippen LogP contribution in [0.5, 0.6) is 0 Å². The third kappa shape index (κ3) is 3.01. The molecule has 3 aromatic rings. The zero-order valence-corrected chi connectivity index (χ0v) is 13.8. The lowest BCUT2D eigenvalue weighted by Crippen LogP contribution is -2.14. The van der Waals surface area contributed by atoms with E-state index in [1.165, 1.54) is 30.3 Å². The lowest BCUT2D eigenvalue weighted by molar-refractivity contribution is -0.385. The molecule has 24 heavy (non-hydrogen) atoms. The van der Waals surface area contributed by atoms with Crippen molar-refractivity contribution in [2.24, 2.45) is 0 Å². The van der Waals surface area contributed by atoms with E-state index < -0.39 is 19.9 Å². The molecule has 0 saturated carbocycles. The van der Waals surface area contributed by atoms with Crippen molar-refractivity contribution in [3.63, 3.8) is 0 Å². The molecule has 0 saturated heterocycles. The number of aryl methyl sites for hydroxylation is 1. The first-order valence-electron chi connectivity index (χ1n) is 6.58. The Morgan fingerprint density at radius 1 is 1.21 bits per heavy atom. The number of benzene rings is 2. The highest BCUT2D eigenvalue weighted by atomic mass is 32.2. The average molecular weight is 366 g/mol. The number of nitrogens with one attached hydrogen (secondary N) is 1. The average Bonchev–Trinajstić information content (AvgIpc) is 2.86. The van der Waals surface area contributed by atoms with Crippen molar-refractivity contribution in [1.29, 1.82) is 0 Å². The molecule has 8 nitrogen and oxygen atoms in total. The molecule has 0 aliphatic heterocycles. The number of hydrogen-bond donors (Lipinski definition) is 1. The highest BCUT2D eigenvalue weighted by Gasteiger charge is 2.21. The van der Waals surface area contributed by atoms with Gasteiger partial charge in [-0.1, -0.05) is 17.4 Å². The van der Waals surface area contributed by atoms with Crippen LogP contribution in [-0.2, 0) is 10.0 Å². The molecule has 1 N–H and O–H groups in total. The summed E-state index contributed by atoms with van der Waals surface area (Å²) in [4.78, 5) is 20.7. The molecule has 0 unspecified atom stereocenters. The van der Waals surface area contributed by atoms with Gasteiger partial charge in [-0.05, 0) is 30.7 Å². The lowest BCUT2D eigenvalue weighted by atomic mass is 10.2. The Morgan fingerprint density at radius 2 is 1.96 bits per heavy atom. The van der Waals surface area contributed by atoms with Gasteiger partial charge in [0.2, 0.25) is 0 Å². The number of rotatable bonds is 4. The van der Waals surface area contributed by atoms with Crippen LogP contribution in [-0.4, -0.2) is 13.3 Å². The summed E-state index contributed by atoms with van der Waals surface area (Å²) in [5.74, 6) is 0. The molecule has 0 aliphatic rings. The first-order valence-corrected chi connectivity index (χ1v) is 8.88. The molecule has 0 bridgehead atoms. The molecule has 0 atom stereocenters. The van der Waals surface area contributed by atoms with E-state index in [0.29, 0.717) is 15.8 Å². The lowest BCUT2D eigenvalue weighted by Gasteiger charge is -2.10. The van der Waals surface area contributed by atoms with Gasteiger partial charge in [0.1, 0.15) is 5.58 Å². The zero-order chi connectivity index (χ0) is 17.5. The van der Waals surface area contributed by atoms with Gasteiger partial charge in [-0.3, -0.25) is 14.8 Å². The smallest absolute Gasteiger partial charge is 0.396 e. The summed E-state index contributed by atoms with van der Waals surface area (Å²) >= 11 is 0.851. The van der Waals surface area contributed by atoms with Crippen molar-refractivity contribution in [2.45, 2.75) is 11.8 Å². The maximum atomic E-state index is 12.5. The minimum absolute atomic E-state index is 0.183. The van der Waals surface area contributed by atoms with E-state index >= 15 is 0 Å². The van der Waals surface area contributed by atoms with Crippen LogP contribution in [0.1, 0.15) is 5.56 Å². The van der Waals surface area contributed by atoms with Gasteiger partial charge in [0.25, 0.3) is 15.7 Å². The highest BCUT2D eigenvalue weighted by Crippen LogP contribution is 2.26. The van der Waals surface area contributed by atoms with Crippen LogP contribution in [0.15, 0.2) is 50.5 Å². The first-order chi connectivity index (χ1) is 11.3. The number of nitro benzene ring substituents is 1. The van der Waals surface area contributed by atoms with E-state index in [1.54, 1.807) is 6.92 Å². The van der Waals surface area contributed by atoms with Gasteiger partial charge in [0.05, 0.1) is 20.2 Å². The van der Waals surface area contributed by atoms with Gasteiger partial charge < -0.3 is 4.42 Å². The predicted octanol–water partition coefficient (Wildman–Crippen LogP) is 2.87. The molecule has 1 heterocycles. The number of non-ortho nitro benzene ring substituents is 1. The Kier molecular flexibility index (Phi) is 3.85. The molecule has 3 rings (SSSR count). The van der Waals surface area contributed by atoms with Crippen LogP contribution < -0.4 is 9.66 Å². The number of fused-ring (bicyclic) bond motifs is 1. The second-order valence-corrected chi connectivity index (χ2v) is 7.56. The van der Waals surface area contributed by atoms with Crippen LogP contribution in [0.4, 0.5) is 11.4 Å². The summed E-state index contributed by atoms with van der Waals surface area (Å²) in [6.07, 6.45) is 0. The van der Waals surface area contributed by atoms with Crippen molar-refractivity contribution in [3.05, 3.63) is 61.8 Å². The monoisotopic (exact) mass is 366 g/mol. The van der Waals surface area contributed by atoms with Crippen molar-refractivity contribution in [2.75, 3.05) is 4.72 Å². The van der Waals surface area contributed by atoms with Gasteiger partial charge >= 0.3 is 4.94 Å². The van der Waals surface area contributed by atoms with E-state index in [1.807, 2.05) is 0 Å². The summed E-state index contributed by atoms with van der Waals surface area (Å²) in [7, 11) is -4.02. The Labute approximate surface area is 139 Å². The predicted molar refractivity (Wildman–Crippen MR) is 89.0 cm³/mol. The van der Waals surface area contributed by atoms with Crippen LogP contribution in [0, 0.1) is 17.0 Å². The quantitative estimate of drug-likeness (QED) is 0.560. The van der Waals surface area contributed by atoms with Gasteiger partial charge in [-0.2, -0.15) is 0 Å². The first kappa shape index (κ1) is 16.1. The van der Waals surface area contributed by atoms with Crippen LogP contribution in [0.2, 0.25) is 0 Å². The summed E-state index contributed by atoms with van der Waals surface area (Å²) < 4.78 is 32.8. The Bertz CT molecular complexity index is 1110. The van der Waals surface area contributed by atoms with Crippen molar-refractivity contribution >= 4 is 43.0 Å². The minimum Gasteiger partial charge on any atom is -0.414 e. The molecule has 2 aromatic carbocycles. The van der Waals surface area contributed by atoms with E-state index in [0.717, 1.165) is 17.4 Å². The summed E-state index contributed by atoms with van der Waals surface area (Å²) in [5, 5.41) is 10.9. The molecule has 0 radical (unpaired) electrons. The van der Waals surface area contributed by atoms with E-state index in [2.05, 4.69) is 4.72 Å². The largest absolute Gasteiger partial charge is 0.414 e. The molecule has 0 amide bonds. The molecule has 10 heteroatoms. The molecule has 0 aliphatic carbocycles. The molecular weight excluding hydrogens is 356 g/mol. The van der Waals surface area contributed by atoms with E-state index in [4.69, 9.17) is 4.42 Å². The Morgan fingerprint density at radius 3 is 2.67 bits per heavy atom. The van der Waals surface area contributed by atoms with Crippen molar-refractivity contribution in [1.82, 2.24) is 0 Å². The highest BCUT2D eigenvalue weighted by molar-refractivity contribution is 7.92. The number of hydrogen-bond acceptors (Lipinski definition) is 7. The normalized spacial score (nSPS) is 11.5. The number of nitro groups is 1. The van der Waals surface area contributed by atoms with Crippen LogP contribution >= 0.6 is 11.3 Å². The minimum atomic E-state index is -4.02. The standard InChI is InChI=1S/C14H10N2O6S2/c1-8-2-4-10(16(18)19)7-13(8)24(20,21)15-9-3-5-11-12(6-9)23-14(17)22-11/h2-7,15H,1H3. The van der Waals surface area contributed by atoms with Gasteiger partial charge in [-0.15, -0.1) is 0 Å². The van der Waals surface area contributed by atoms with E-state index in [-0.39, 0.29) is 16.3 Å². The second-order valence-electron chi connectivity index (χ2n) is 4.93. The molecule has 1 aromatic heterocycles. The number of sulfonamides is 1. The van der Waals surface area contributed by atoms with Crippen LogP contribution in [0.25, 0.3) is 10.3 Å². The molecule has 124 valence electrons. The molecular formula is C14H10N2O6S2. The maximum absolute atomic E-state index is 12.5. The zero-order valence-electron chi connectivity index (χ0n) is 12.2. The third-order valence-corrected chi connectivity index (χ3v) is 5.57. The second kappa shape index (κ2) is 5.73. The number of nitrogens with zero attached hydrogens (tertiary/aromatic N) is 1.